The second-order valence-corrected chi connectivity index (χ2v) is 8.88. The molecule has 1 amide bonds. The number of nitrogens with one attached hydrogen (secondary N) is 1. The summed E-state index contributed by atoms with van der Waals surface area (Å²) in [6.07, 6.45) is -4.69. The van der Waals surface area contributed by atoms with E-state index in [9.17, 15) is 18.0 Å². The first-order valence-electron chi connectivity index (χ1n) is 9.08. The van der Waals surface area contributed by atoms with Gasteiger partial charge in [0.2, 0.25) is 5.91 Å². The highest BCUT2D eigenvalue weighted by molar-refractivity contribution is 8.00. The van der Waals surface area contributed by atoms with Gasteiger partial charge in [0.15, 0.2) is 0 Å². The number of alkyl halides is 3. The van der Waals surface area contributed by atoms with E-state index >= 15 is 0 Å². The number of hydrogen-bond acceptors (Lipinski definition) is 6. The number of nitrogens with zero attached hydrogens (tertiary/aromatic N) is 2. The van der Waals surface area contributed by atoms with Crippen molar-refractivity contribution in [1.29, 1.82) is 0 Å². The lowest BCUT2D eigenvalue weighted by Crippen LogP contribution is -2.21. The molecule has 11 heteroatoms. The van der Waals surface area contributed by atoms with Crippen LogP contribution in [-0.4, -0.2) is 16.1 Å². The van der Waals surface area contributed by atoms with Gasteiger partial charge in [0, 0.05) is 5.02 Å². The van der Waals surface area contributed by atoms with Crippen molar-refractivity contribution in [1.82, 2.24) is 10.2 Å². The average Bonchev–Trinajstić information content (AvgIpc) is 3.45. The standard InChI is InChI=1S/C21H13ClF3N3O2S2/c22-13-8-9-15(14(11-13)21(23,24)25)26-18(29)17(12-5-2-1-3-6-12)32-20-28-27-19(30-20)16-7-4-10-31-16/h1-11,17H,(H,26,29)/t17-/m0/s1. The third-order valence-corrected chi connectivity index (χ3v) is 6.42. The molecule has 0 aliphatic carbocycles. The fourth-order valence-corrected chi connectivity index (χ4v) is 4.51. The highest BCUT2D eigenvalue weighted by atomic mass is 35.5. The molecule has 0 spiro atoms. The summed E-state index contributed by atoms with van der Waals surface area (Å²) in [6.45, 7) is 0. The molecule has 0 aliphatic rings. The van der Waals surface area contributed by atoms with E-state index in [1.165, 1.54) is 17.4 Å². The molecular formula is C21H13ClF3N3O2S2. The van der Waals surface area contributed by atoms with Crippen LogP contribution in [0.5, 0.6) is 0 Å². The molecule has 2 heterocycles. The summed E-state index contributed by atoms with van der Waals surface area (Å²) in [5.74, 6) is -0.378. The van der Waals surface area contributed by atoms with Crippen LogP contribution in [0.2, 0.25) is 5.02 Å². The van der Waals surface area contributed by atoms with Gasteiger partial charge in [0.25, 0.3) is 11.1 Å². The van der Waals surface area contributed by atoms with Gasteiger partial charge in [-0.15, -0.1) is 21.5 Å². The van der Waals surface area contributed by atoms with Crippen LogP contribution in [0.15, 0.2) is 75.7 Å². The second-order valence-electron chi connectivity index (χ2n) is 6.44. The summed E-state index contributed by atoms with van der Waals surface area (Å²) >= 11 is 8.09. The molecule has 164 valence electrons. The van der Waals surface area contributed by atoms with E-state index in [1.54, 1.807) is 30.3 Å². The number of carbonyl (C=O) groups excluding carboxylic acids is 1. The zero-order valence-electron chi connectivity index (χ0n) is 16.0. The Balaban J connectivity index is 1.63. The molecule has 0 radical (unpaired) electrons. The molecule has 2 aromatic carbocycles. The first-order chi connectivity index (χ1) is 15.3. The van der Waals surface area contributed by atoms with Gasteiger partial charge in [-0.25, -0.2) is 0 Å². The molecule has 32 heavy (non-hydrogen) atoms. The number of halogens is 4. The van der Waals surface area contributed by atoms with Crippen molar-refractivity contribution in [3.8, 4) is 10.8 Å². The molecule has 4 rings (SSSR count). The molecular weight excluding hydrogens is 483 g/mol. The van der Waals surface area contributed by atoms with Crippen LogP contribution in [0.1, 0.15) is 16.4 Å². The summed E-state index contributed by atoms with van der Waals surface area (Å²) in [7, 11) is 0. The quantitative estimate of drug-likeness (QED) is 0.293. The molecule has 0 fully saturated rings. The number of thioether (sulfide) groups is 1. The van der Waals surface area contributed by atoms with Gasteiger partial charge in [-0.3, -0.25) is 4.79 Å². The maximum Gasteiger partial charge on any atom is 0.418 e. The Morgan fingerprint density at radius 1 is 1.09 bits per heavy atom. The van der Waals surface area contributed by atoms with Crippen LogP contribution in [0.25, 0.3) is 10.8 Å². The Kier molecular flexibility index (Phi) is 6.54. The van der Waals surface area contributed by atoms with Crippen molar-refractivity contribution in [2.75, 3.05) is 5.32 Å². The second kappa shape index (κ2) is 9.35. The third kappa shape index (κ3) is 5.14. The van der Waals surface area contributed by atoms with E-state index in [1.807, 2.05) is 17.5 Å². The predicted octanol–water partition coefficient (Wildman–Crippen LogP) is 6.94. The minimum absolute atomic E-state index is 0.0868. The number of rotatable bonds is 6. The molecule has 0 aliphatic heterocycles. The maximum atomic E-state index is 13.4. The van der Waals surface area contributed by atoms with E-state index < -0.39 is 28.6 Å². The predicted molar refractivity (Wildman–Crippen MR) is 118 cm³/mol. The van der Waals surface area contributed by atoms with E-state index in [0.717, 1.165) is 28.8 Å². The molecule has 2 aromatic heterocycles. The summed E-state index contributed by atoms with van der Waals surface area (Å²) in [5, 5.41) is 11.3. The normalized spacial score (nSPS) is 12.5. The van der Waals surface area contributed by atoms with Crippen molar-refractivity contribution < 1.29 is 22.4 Å². The van der Waals surface area contributed by atoms with E-state index in [-0.39, 0.29) is 10.2 Å². The molecule has 4 aromatic rings. The first-order valence-corrected chi connectivity index (χ1v) is 11.2. The molecule has 1 N–H and O–H groups in total. The van der Waals surface area contributed by atoms with Crippen LogP contribution in [0.4, 0.5) is 18.9 Å². The van der Waals surface area contributed by atoms with Gasteiger partial charge in [-0.2, -0.15) is 13.2 Å². The van der Waals surface area contributed by atoms with Crippen LogP contribution in [-0.2, 0) is 11.0 Å². The zero-order chi connectivity index (χ0) is 22.7. The van der Waals surface area contributed by atoms with Crippen molar-refractivity contribution in [2.24, 2.45) is 0 Å². The average molecular weight is 496 g/mol. The van der Waals surface area contributed by atoms with Crippen molar-refractivity contribution in [3.63, 3.8) is 0 Å². The number of aromatic nitrogens is 2. The van der Waals surface area contributed by atoms with Crippen LogP contribution in [0.3, 0.4) is 0 Å². The van der Waals surface area contributed by atoms with Crippen molar-refractivity contribution in [2.45, 2.75) is 16.6 Å². The molecule has 5 nitrogen and oxygen atoms in total. The Bertz CT molecular complexity index is 1210. The number of thiophene rings is 1. The topological polar surface area (TPSA) is 68.0 Å². The van der Waals surface area contributed by atoms with E-state index in [4.69, 9.17) is 16.0 Å². The van der Waals surface area contributed by atoms with Gasteiger partial charge < -0.3 is 9.73 Å². The minimum Gasteiger partial charge on any atom is -0.410 e. The van der Waals surface area contributed by atoms with E-state index in [0.29, 0.717) is 11.5 Å². The molecule has 0 saturated heterocycles. The van der Waals surface area contributed by atoms with Gasteiger partial charge >= 0.3 is 6.18 Å². The lowest BCUT2D eigenvalue weighted by Gasteiger charge is -2.18. The highest BCUT2D eigenvalue weighted by Gasteiger charge is 2.35. The monoisotopic (exact) mass is 495 g/mol. The van der Waals surface area contributed by atoms with Gasteiger partial charge in [-0.05, 0) is 47.0 Å². The lowest BCUT2D eigenvalue weighted by atomic mass is 10.1. The maximum absolute atomic E-state index is 13.4. The fraction of sp³-hybridized carbons (Fsp3) is 0.0952. The van der Waals surface area contributed by atoms with Crippen molar-refractivity contribution >= 4 is 46.3 Å². The van der Waals surface area contributed by atoms with Gasteiger partial charge in [-0.1, -0.05) is 48.0 Å². The largest absolute Gasteiger partial charge is 0.418 e. The Labute approximate surface area is 193 Å². The number of benzene rings is 2. The Morgan fingerprint density at radius 2 is 1.88 bits per heavy atom. The van der Waals surface area contributed by atoms with Crippen LogP contribution >= 0.6 is 34.7 Å². The summed E-state index contributed by atoms with van der Waals surface area (Å²) in [6, 6.07) is 15.4. The minimum atomic E-state index is -4.69. The third-order valence-electron chi connectivity index (χ3n) is 4.24. The summed E-state index contributed by atoms with van der Waals surface area (Å²) in [5.41, 5.74) is -0.862. The zero-order valence-corrected chi connectivity index (χ0v) is 18.4. The number of anilines is 1. The highest BCUT2D eigenvalue weighted by Crippen LogP contribution is 2.40. The summed E-state index contributed by atoms with van der Waals surface area (Å²) in [4.78, 5) is 13.9. The smallest absolute Gasteiger partial charge is 0.410 e. The van der Waals surface area contributed by atoms with Gasteiger partial charge in [0.1, 0.15) is 5.25 Å². The first kappa shape index (κ1) is 22.4. The van der Waals surface area contributed by atoms with Crippen LogP contribution < -0.4 is 5.32 Å². The van der Waals surface area contributed by atoms with E-state index in [2.05, 4.69) is 15.5 Å². The van der Waals surface area contributed by atoms with Crippen LogP contribution in [0, 0.1) is 0 Å². The molecule has 1 atom stereocenters. The molecule has 0 unspecified atom stereocenters. The van der Waals surface area contributed by atoms with Gasteiger partial charge in [0.05, 0.1) is 16.1 Å². The van der Waals surface area contributed by atoms with Crippen molar-refractivity contribution in [3.05, 3.63) is 82.2 Å². The SMILES string of the molecule is O=C(Nc1ccc(Cl)cc1C(F)(F)F)[C@@H](Sc1nnc(-c2cccs2)o1)c1ccccc1. The molecule has 0 bridgehead atoms. The molecule has 0 saturated carbocycles. The lowest BCUT2D eigenvalue weighted by molar-refractivity contribution is -0.137. The summed E-state index contributed by atoms with van der Waals surface area (Å²) < 4.78 is 46.0. The number of hydrogen-bond donors (Lipinski definition) is 1. The fourth-order valence-electron chi connectivity index (χ4n) is 2.82. The Morgan fingerprint density at radius 3 is 2.56 bits per heavy atom. The number of carbonyl (C=O) groups is 1. The Hall–Kier alpha value is -2.82. The number of amides is 1.